The second kappa shape index (κ2) is 10.2. The molecule has 0 aromatic carbocycles. The highest BCUT2D eigenvalue weighted by Crippen LogP contribution is 2.66. The van der Waals surface area contributed by atoms with Crippen LogP contribution in [0.5, 0.6) is 0 Å². The Kier molecular flexibility index (Phi) is 8.10. The molecule has 9 N–H and O–H groups in total. The number of nitrogens with zero attached hydrogens (tertiary/aromatic N) is 2. The minimum absolute atomic E-state index is 0.0579. The normalized spacial score (nSPS) is 26.3. The number of rotatable bonds is 10. The Morgan fingerprint density at radius 1 is 1.00 bits per heavy atom. The number of aromatic nitrogens is 5. The average molecular weight is 565 g/mol. The van der Waals surface area contributed by atoms with Gasteiger partial charge < -0.3 is 39.5 Å². The minimum Gasteiger partial charge on any atom is -0.387 e. The lowest BCUT2D eigenvalue weighted by Crippen LogP contribution is -2.35. The summed E-state index contributed by atoms with van der Waals surface area (Å²) >= 11 is 0. The van der Waals surface area contributed by atoms with Crippen molar-refractivity contribution < 1.29 is 61.4 Å². The molecule has 3 rings (SSSR count). The summed E-state index contributed by atoms with van der Waals surface area (Å²) in [5.41, 5.74) is -1.98. The Hall–Kier alpha value is -1.89. The molecule has 196 valence electrons. The van der Waals surface area contributed by atoms with Gasteiger partial charge in [-0.3, -0.25) is 19.4 Å². The molecular weight excluding hydrogens is 547 g/mol. The summed E-state index contributed by atoms with van der Waals surface area (Å²) in [6, 6.07) is 0. The molecule has 1 fully saturated rings. The molecule has 1 saturated heterocycles. The van der Waals surface area contributed by atoms with Crippen molar-refractivity contribution in [2.24, 2.45) is 0 Å². The average Bonchev–Trinajstić information content (AvgIpc) is 3.27. The van der Waals surface area contributed by atoms with E-state index >= 15 is 0 Å². The second-order valence-electron chi connectivity index (χ2n) is 6.91. The zero-order valence-corrected chi connectivity index (χ0v) is 19.6. The van der Waals surface area contributed by atoms with Crippen LogP contribution in [-0.4, -0.2) is 80.1 Å². The van der Waals surface area contributed by atoms with Gasteiger partial charge in [0, 0.05) is 18.3 Å². The topological polar surface area (TPSA) is 317 Å². The van der Waals surface area contributed by atoms with Gasteiger partial charge in [0.2, 0.25) is 0 Å². The van der Waals surface area contributed by atoms with Crippen LogP contribution in [0.4, 0.5) is 0 Å². The van der Waals surface area contributed by atoms with Crippen molar-refractivity contribution in [2.75, 3.05) is 6.61 Å². The van der Waals surface area contributed by atoms with E-state index in [9.17, 15) is 38.4 Å². The third-order valence-corrected chi connectivity index (χ3v) is 8.15. The minimum atomic E-state index is -5.78. The first-order chi connectivity index (χ1) is 16.1. The summed E-state index contributed by atoms with van der Waals surface area (Å²) in [4.78, 5) is 64.2. The molecule has 23 heteroatoms. The van der Waals surface area contributed by atoms with Gasteiger partial charge in [0.1, 0.15) is 24.4 Å². The maximum absolute atomic E-state index is 12.5. The number of aromatic amines is 3. The molecular formula is C12H18N5O15P3. The lowest BCUT2D eigenvalue weighted by atomic mass is 9.99. The molecule has 0 saturated carbocycles. The standard InChI is InChI=1S/C12H18N5O15P3/c18-8-6(3-29-34(25,26)32-35(27,28)31-33(22,23)24)30-10(9(8)19)7-5(1-4-2-13-17-16-4)14-12(21)15-11(7)20/h2,6,8-10,18-19H,1,3H2,(H,25,26)(H,27,28)(H,13,16,17)(H2,22,23,24)(H2,14,15,20,21)/t6-,8?,9+,10+/m1/s1. The number of aliphatic hydroxyl groups is 2. The van der Waals surface area contributed by atoms with E-state index in [1.165, 1.54) is 6.20 Å². The summed E-state index contributed by atoms with van der Waals surface area (Å²) in [5.74, 6) is 0. The fourth-order valence-electron chi connectivity index (χ4n) is 3.07. The van der Waals surface area contributed by atoms with E-state index < -0.39 is 65.7 Å². The van der Waals surface area contributed by atoms with Crippen LogP contribution in [0.2, 0.25) is 0 Å². The lowest BCUT2D eigenvalue weighted by molar-refractivity contribution is -0.0230. The third kappa shape index (κ3) is 7.31. The molecule has 0 amide bonds. The zero-order chi connectivity index (χ0) is 26.2. The van der Waals surface area contributed by atoms with Crippen LogP contribution in [0.15, 0.2) is 15.8 Å². The molecule has 2 aromatic rings. The molecule has 35 heavy (non-hydrogen) atoms. The summed E-state index contributed by atoms with van der Waals surface area (Å²) in [6.07, 6.45) is -5.70. The van der Waals surface area contributed by atoms with Gasteiger partial charge in [-0.05, 0) is 0 Å². The molecule has 2 aromatic heterocycles. The number of hydrogen-bond acceptors (Lipinski definition) is 13. The fraction of sp³-hybridized carbons (Fsp3) is 0.500. The summed E-state index contributed by atoms with van der Waals surface area (Å²) in [7, 11) is -16.9. The number of phosphoric acid groups is 3. The van der Waals surface area contributed by atoms with Crippen molar-refractivity contribution in [3.05, 3.63) is 44.0 Å². The summed E-state index contributed by atoms with van der Waals surface area (Å²) < 4.78 is 50.8. The van der Waals surface area contributed by atoms with Crippen molar-refractivity contribution in [1.29, 1.82) is 0 Å². The molecule has 3 heterocycles. The molecule has 20 nitrogen and oxygen atoms in total. The highest BCUT2D eigenvalue weighted by atomic mass is 31.3. The van der Waals surface area contributed by atoms with E-state index in [1.54, 1.807) is 0 Å². The van der Waals surface area contributed by atoms with E-state index in [0.717, 1.165) is 0 Å². The van der Waals surface area contributed by atoms with E-state index in [2.05, 4.69) is 33.5 Å². The lowest BCUT2D eigenvalue weighted by Gasteiger charge is -2.19. The fourth-order valence-corrected chi connectivity index (χ4v) is 6.10. The number of phosphoric ester groups is 1. The summed E-state index contributed by atoms with van der Waals surface area (Å²) in [5, 5.41) is 30.3. The predicted molar refractivity (Wildman–Crippen MR) is 106 cm³/mol. The quantitative estimate of drug-likeness (QED) is 0.132. The van der Waals surface area contributed by atoms with Crippen LogP contribution < -0.4 is 11.2 Å². The van der Waals surface area contributed by atoms with E-state index in [1.807, 2.05) is 4.98 Å². The first kappa shape index (κ1) is 27.7. The van der Waals surface area contributed by atoms with Gasteiger partial charge in [-0.2, -0.15) is 8.62 Å². The van der Waals surface area contributed by atoms with Gasteiger partial charge in [-0.25, -0.2) is 18.5 Å². The highest BCUT2D eigenvalue weighted by Gasteiger charge is 2.47. The molecule has 3 unspecified atom stereocenters. The number of aliphatic hydroxyl groups excluding tert-OH is 2. The molecule has 6 atom stereocenters. The van der Waals surface area contributed by atoms with Gasteiger partial charge >= 0.3 is 29.2 Å². The highest BCUT2D eigenvalue weighted by molar-refractivity contribution is 7.66. The van der Waals surface area contributed by atoms with Crippen LogP contribution >= 0.6 is 23.5 Å². The first-order valence-corrected chi connectivity index (χ1v) is 13.6. The number of hydrogen-bond donors (Lipinski definition) is 9. The Balaban J connectivity index is 1.77. The van der Waals surface area contributed by atoms with Crippen LogP contribution in [0, 0.1) is 0 Å². The first-order valence-electron chi connectivity index (χ1n) is 9.07. The molecule has 0 aliphatic carbocycles. The molecule has 0 spiro atoms. The van der Waals surface area contributed by atoms with Gasteiger partial charge in [0.15, 0.2) is 0 Å². The van der Waals surface area contributed by atoms with Crippen LogP contribution in [-0.2, 0) is 38.0 Å². The molecule has 0 bridgehead atoms. The second-order valence-corrected chi connectivity index (χ2v) is 11.3. The Morgan fingerprint density at radius 2 is 1.69 bits per heavy atom. The van der Waals surface area contributed by atoms with E-state index in [-0.39, 0.29) is 23.4 Å². The number of H-pyrrole nitrogens is 3. The van der Waals surface area contributed by atoms with Crippen LogP contribution in [0.3, 0.4) is 0 Å². The monoisotopic (exact) mass is 565 g/mol. The largest absolute Gasteiger partial charge is 0.490 e. The van der Waals surface area contributed by atoms with Crippen molar-refractivity contribution in [3.8, 4) is 0 Å². The van der Waals surface area contributed by atoms with Crippen LogP contribution in [0.25, 0.3) is 0 Å². The molecule has 0 radical (unpaired) electrons. The van der Waals surface area contributed by atoms with Crippen molar-refractivity contribution in [3.63, 3.8) is 0 Å². The Labute approximate surface area is 192 Å². The van der Waals surface area contributed by atoms with Gasteiger partial charge in [-0.1, -0.05) is 5.21 Å². The third-order valence-electron chi connectivity index (χ3n) is 4.35. The predicted octanol–water partition coefficient (Wildman–Crippen LogP) is -2.72. The number of nitrogens with one attached hydrogen (secondary N) is 3. The Bertz CT molecular complexity index is 1300. The number of ether oxygens (including phenoxy) is 1. The maximum Gasteiger partial charge on any atom is 0.490 e. The summed E-state index contributed by atoms with van der Waals surface area (Å²) in [6.45, 7) is -1.09. The van der Waals surface area contributed by atoms with Crippen molar-refractivity contribution in [2.45, 2.75) is 30.8 Å². The van der Waals surface area contributed by atoms with Crippen molar-refractivity contribution >= 4 is 23.5 Å². The maximum atomic E-state index is 12.5. The molecule has 1 aliphatic heterocycles. The van der Waals surface area contributed by atoms with Crippen molar-refractivity contribution in [1.82, 2.24) is 25.4 Å². The van der Waals surface area contributed by atoms with E-state index in [4.69, 9.17) is 19.4 Å². The van der Waals surface area contributed by atoms with E-state index in [0.29, 0.717) is 0 Å². The van der Waals surface area contributed by atoms with Gasteiger partial charge in [0.25, 0.3) is 5.56 Å². The molecule has 1 aliphatic rings. The Morgan fingerprint density at radius 3 is 2.29 bits per heavy atom. The van der Waals surface area contributed by atoms with Gasteiger partial charge in [0.05, 0.1) is 17.9 Å². The van der Waals surface area contributed by atoms with Gasteiger partial charge in [-0.15, -0.1) is 5.10 Å². The zero-order valence-electron chi connectivity index (χ0n) is 16.9. The SMILES string of the molecule is O=c1[nH]c(Cc2c[nH]nn2)c([C@@H]2O[C@H](COP(=O)(O)OP(=O)(O)OP(=O)(O)O)C(O)[C@@H]2O)c(=O)[nH]1. The smallest absolute Gasteiger partial charge is 0.387 e. The van der Waals surface area contributed by atoms with Crippen LogP contribution in [0.1, 0.15) is 23.1 Å².